The minimum absolute atomic E-state index is 0.0273. The van der Waals surface area contributed by atoms with Crippen LogP contribution in [-0.4, -0.2) is 40.8 Å². The van der Waals surface area contributed by atoms with Crippen LogP contribution < -0.4 is 5.32 Å². The number of benzene rings is 4. The average Bonchev–Trinajstić information content (AvgIpc) is 3.31. The van der Waals surface area contributed by atoms with Gasteiger partial charge in [0.15, 0.2) is 6.04 Å². The zero-order valence-electron chi connectivity index (χ0n) is 22.6. The maximum Gasteiger partial charge on any atom is 0.330 e. The number of carbonyl (C=O) groups excluding carboxylic acids is 1. The lowest BCUT2D eigenvalue weighted by Gasteiger charge is -2.29. The van der Waals surface area contributed by atoms with Crippen molar-refractivity contribution in [1.82, 2.24) is 14.2 Å². The van der Waals surface area contributed by atoms with E-state index in [9.17, 15) is 28.4 Å². The first-order chi connectivity index (χ1) is 20.2. The van der Waals surface area contributed by atoms with Crippen molar-refractivity contribution in [2.45, 2.75) is 23.9 Å². The molecule has 0 bridgehead atoms. The smallest absolute Gasteiger partial charge is 0.330 e. The molecule has 0 saturated heterocycles. The molecule has 210 valence electrons. The Morgan fingerprint density at radius 3 is 2.50 bits per heavy atom. The van der Waals surface area contributed by atoms with Crippen LogP contribution in [0.15, 0.2) is 89.8 Å². The Hall–Kier alpha value is -4.98. The van der Waals surface area contributed by atoms with Crippen molar-refractivity contribution in [3.63, 3.8) is 0 Å². The van der Waals surface area contributed by atoms with Crippen LogP contribution in [0, 0.1) is 11.3 Å². The van der Waals surface area contributed by atoms with Crippen molar-refractivity contribution in [2.24, 2.45) is 7.05 Å². The van der Waals surface area contributed by atoms with Gasteiger partial charge in [-0.1, -0.05) is 48.5 Å². The molecule has 4 aromatic carbocycles. The SMILES string of the molecule is Cn1c2ccccc2c2c(C(=O)NC(C(=O)O)c3ccc4c(c3)CN(S(=O)(=O)c3cccc(C#N)c3)CC4)cccc21. The van der Waals surface area contributed by atoms with Gasteiger partial charge in [-0.3, -0.25) is 4.79 Å². The van der Waals surface area contributed by atoms with Gasteiger partial charge >= 0.3 is 5.97 Å². The molecule has 10 heteroatoms. The topological polar surface area (TPSA) is 132 Å². The first-order valence-electron chi connectivity index (χ1n) is 13.3. The number of rotatable bonds is 6. The average molecular weight is 579 g/mol. The number of aryl methyl sites for hydroxylation is 1. The number of aliphatic carboxylic acids is 1. The minimum atomic E-state index is -3.88. The van der Waals surface area contributed by atoms with Gasteiger partial charge in [0, 0.05) is 47.5 Å². The summed E-state index contributed by atoms with van der Waals surface area (Å²) in [6.45, 7) is 0.289. The van der Waals surface area contributed by atoms with Gasteiger partial charge in [-0.05, 0) is 59.5 Å². The normalized spacial score (nSPS) is 14.3. The summed E-state index contributed by atoms with van der Waals surface area (Å²) in [4.78, 5) is 26.0. The molecule has 0 radical (unpaired) electrons. The van der Waals surface area contributed by atoms with Crippen molar-refractivity contribution in [1.29, 1.82) is 5.26 Å². The van der Waals surface area contributed by atoms with Crippen molar-refractivity contribution < 1.29 is 23.1 Å². The molecule has 1 aliphatic rings. The van der Waals surface area contributed by atoms with E-state index in [0.29, 0.717) is 23.1 Å². The van der Waals surface area contributed by atoms with E-state index in [1.807, 2.05) is 48.0 Å². The molecule has 42 heavy (non-hydrogen) atoms. The molecule has 6 rings (SSSR count). The first-order valence-corrected chi connectivity index (χ1v) is 14.7. The van der Waals surface area contributed by atoms with Gasteiger partial charge in [-0.2, -0.15) is 9.57 Å². The Morgan fingerprint density at radius 2 is 1.71 bits per heavy atom. The molecule has 1 atom stereocenters. The van der Waals surface area contributed by atoms with Crippen LogP contribution in [0.25, 0.3) is 21.8 Å². The zero-order valence-corrected chi connectivity index (χ0v) is 23.4. The van der Waals surface area contributed by atoms with Crippen LogP contribution in [-0.2, 0) is 34.8 Å². The highest BCUT2D eigenvalue weighted by molar-refractivity contribution is 7.89. The number of fused-ring (bicyclic) bond motifs is 4. The van der Waals surface area contributed by atoms with Crippen LogP contribution >= 0.6 is 0 Å². The summed E-state index contributed by atoms with van der Waals surface area (Å²) in [7, 11) is -1.96. The Bertz CT molecular complexity index is 2060. The third-order valence-corrected chi connectivity index (χ3v) is 9.69. The monoisotopic (exact) mass is 578 g/mol. The van der Waals surface area contributed by atoms with E-state index >= 15 is 0 Å². The summed E-state index contributed by atoms with van der Waals surface area (Å²) in [5.74, 6) is -1.76. The van der Waals surface area contributed by atoms with Crippen LogP contribution in [0.2, 0.25) is 0 Å². The summed E-state index contributed by atoms with van der Waals surface area (Å²) in [6, 6.07) is 24.7. The number of aromatic nitrogens is 1. The minimum Gasteiger partial charge on any atom is -0.479 e. The predicted octanol–water partition coefficient (Wildman–Crippen LogP) is 4.51. The van der Waals surface area contributed by atoms with Gasteiger partial charge < -0.3 is 15.0 Å². The van der Waals surface area contributed by atoms with E-state index in [1.165, 1.54) is 28.6 Å². The standard InChI is InChI=1S/C32H26N4O5S/c1-35-27-10-3-2-8-25(27)29-26(9-5-11-28(29)35)31(37)34-30(32(38)39)22-13-12-21-14-15-36(19-23(21)17-22)42(40,41)24-7-4-6-20(16-24)18-33/h2-13,16-17,30H,14-15,19H2,1H3,(H,34,37)(H,38,39). The van der Waals surface area contributed by atoms with E-state index in [0.717, 1.165) is 27.4 Å². The van der Waals surface area contributed by atoms with Crippen molar-refractivity contribution in [3.8, 4) is 6.07 Å². The van der Waals surface area contributed by atoms with Crippen LogP contribution in [0.4, 0.5) is 0 Å². The largest absolute Gasteiger partial charge is 0.479 e. The van der Waals surface area contributed by atoms with E-state index in [1.54, 1.807) is 30.3 Å². The third kappa shape index (κ3) is 4.59. The van der Waals surface area contributed by atoms with E-state index in [4.69, 9.17) is 0 Å². The van der Waals surface area contributed by atoms with Crippen LogP contribution in [0.1, 0.15) is 38.7 Å². The van der Waals surface area contributed by atoms with Gasteiger partial charge in [0.1, 0.15) is 0 Å². The molecule has 0 aliphatic carbocycles. The molecule has 0 spiro atoms. The number of nitriles is 1. The Kier molecular flexibility index (Phi) is 6.77. The summed E-state index contributed by atoms with van der Waals surface area (Å²) in [5, 5.41) is 23.7. The highest BCUT2D eigenvalue weighted by Gasteiger charge is 2.31. The fourth-order valence-electron chi connectivity index (χ4n) is 5.71. The van der Waals surface area contributed by atoms with E-state index < -0.39 is 27.9 Å². The predicted molar refractivity (Wildman–Crippen MR) is 157 cm³/mol. The molecule has 9 nitrogen and oxygen atoms in total. The number of carboxylic acid groups (broad SMARTS) is 1. The number of carbonyl (C=O) groups is 2. The Balaban J connectivity index is 1.31. The number of para-hydroxylation sites is 1. The summed E-state index contributed by atoms with van der Waals surface area (Å²) < 4.78 is 30.0. The Labute approximate surface area is 242 Å². The number of sulfonamides is 1. The molecular formula is C32H26N4O5S. The molecular weight excluding hydrogens is 552 g/mol. The van der Waals surface area contributed by atoms with Gasteiger partial charge in [0.25, 0.3) is 5.91 Å². The molecule has 2 heterocycles. The molecule has 1 amide bonds. The second-order valence-electron chi connectivity index (χ2n) is 10.3. The van der Waals surface area contributed by atoms with Gasteiger partial charge in [-0.25, -0.2) is 13.2 Å². The van der Waals surface area contributed by atoms with E-state index in [-0.39, 0.29) is 23.5 Å². The number of amides is 1. The fraction of sp³-hybridized carbons (Fsp3) is 0.156. The second-order valence-corrected chi connectivity index (χ2v) is 12.2. The lowest BCUT2D eigenvalue weighted by atomic mass is 9.95. The van der Waals surface area contributed by atoms with Crippen molar-refractivity contribution in [3.05, 3.63) is 113 Å². The highest BCUT2D eigenvalue weighted by Crippen LogP contribution is 2.32. The fourth-order valence-corrected chi connectivity index (χ4v) is 7.17. The maximum atomic E-state index is 13.6. The van der Waals surface area contributed by atoms with Gasteiger partial charge in [0.05, 0.1) is 16.5 Å². The highest BCUT2D eigenvalue weighted by atomic mass is 32.2. The number of nitrogens with zero attached hydrogens (tertiary/aromatic N) is 3. The molecule has 0 saturated carbocycles. The second kappa shape index (κ2) is 10.4. The van der Waals surface area contributed by atoms with Gasteiger partial charge in [0.2, 0.25) is 10.0 Å². The summed E-state index contributed by atoms with van der Waals surface area (Å²) in [6.07, 6.45) is 0.444. The van der Waals surface area contributed by atoms with Crippen molar-refractivity contribution >= 4 is 43.7 Å². The van der Waals surface area contributed by atoms with E-state index in [2.05, 4.69) is 5.32 Å². The zero-order chi connectivity index (χ0) is 29.6. The molecule has 1 aliphatic heterocycles. The lowest BCUT2D eigenvalue weighted by molar-refractivity contribution is -0.139. The quantitative estimate of drug-likeness (QED) is 0.305. The Morgan fingerprint density at radius 1 is 0.952 bits per heavy atom. The van der Waals surface area contributed by atoms with Crippen LogP contribution in [0.3, 0.4) is 0 Å². The van der Waals surface area contributed by atoms with Gasteiger partial charge in [-0.15, -0.1) is 0 Å². The van der Waals surface area contributed by atoms with Crippen molar-refractivity contribution in [2.75, 3.05) is 6.54 Å². The van der Waals surface area contributed by atoms with Crippen LogP contribution in [0.5, 0.6) is 0 Å². The number of hydrogen-bond donors (Lipinski definition) is 2. The molecule has 1 unspecified atom stereocenters. The molecule has 2 N–H and O–H groups in total. The molecule has 5 aromatic rings. The maximum absolute atomic E-state index is 13.6. The summed E-state index contributed by atoms with van der Waals surface area (Å²) >= 11 is 0. The number of carboxylic acids is 1. The lowest BCUT2D eigenvalue weighted by Crippen LogP contribution is -2.37. The first kappa shape index (κ1) is 27.2. The summed E-state index contributed by atoms with van der Waals surface area (Å²) in [5.41, 5.74) is 4.33. The number of nitrogens with one attached hydrogen (secondary N) is 1. The number of hydrogen-bond acceptors (Lipinski definition) is 5. The molecule has 1 aromatic heterocycles. The molecule has 0 fully saturated rings. The third-order valence-electron chi connectivity index (χ3n) is 7.85.